The Bertz CT molecular complexity index is 915. The van der Waals surface area contributed by atoms with Gasteiger partial charge in [0.05, 0.1) is 17.8 Å². The van der Waals surface area contributed by atoms with Crippen molar-refractivity contribution in [2.45, 2.75) is 32.2 Å². The number of benzene rings is 2. The Labute approximate surface area is 170 Å². The number of fused-ring (bicyclic) bond motifs is 1. The predicted molar refractivity (Wildman–Crippen MR) is 110 cm³/mol. The van der Waals surface area contributed by atoms with Crippen LogP contribution in [-0.2, 0) is 4.79 Å². The normalized spacial score (nSPS) is 18.3. The zero-order valence-electron chi connectivity index (χ0n) is 16.4. The van der Waals surface area contributed by atoms with Gasteiger partial charge in [-0.05, 0) is 50.6 Å². The Kier molecular flexibility index (Phi) is 5.67. The zero-order chi connectivity index (χ0) is 20.2. The number of nitrogens with zero attached hydrogens (tertiary/aromatic N) is 1. The van der Waals surface area contributed by atoms with Crippen molar-refractivity contribution in [1.82, 2.24) is 4.90 Å². The maximum atomic E-state index is 12.8. The second kappa shape index (κ2) is 8.53. The van der Waals surface area contributed by atoms with E-state index in [1.807, 2.05) is 0 Å². The van der Waals surface area contributed by atoms with E-state index in [1.54, 1.807) is 42.5 Å². The average molecular weight is 395 g/mol. The standard InChI is InChI=1S/C22H25N3O4/c1-15-6-4-5-11-25(15)13-21(26)24-18-8-3-2-7-17(18)22(27)23-16-9-10-19-20(12-16)29-14-28-19/h2-3,7-10,12,15H,4-6,11,13-14H2,1H3,(H,23,27)(H,24,26). The first-order chi connectivity index (χ1) is 14.1. The van der Waals surface area contributed by atoms with Crippen LogP contribution >= 0.6 is 0 Å². The van der Waals surface area contributed by atoms with Gasteiger partial charge in [0.2, 0.25) is 12.7 Å². The van der Waals surface area contributed by atoms with Crippen LogP contribution in [0.4, 0.5) is 11.4 Å². The molecule has 2 aromatic carbocycles. The Balaban J connectivity index is 1.43. The first-order valence-corrected chi connectivity index (χ1v) is 9.94. The fourth-order valence-corrected chi connectivity index (χ4v) is 3.73. The number of ether oxygens (including phenoxy) is 2. The van der Waals surface area contributed by atoms with Crippen LogP contribution in [0.5, 0.6) is 11.5 Å². The fourth-order valence-electron chi connectivity index (χ4n) is 3.73. The van der Waals surface area contributed by atoms with Gasteiger partial charge in [0.15, 0.2) is 11.5 Å². The van der Waals surface area contributed by atoms with Crippen LogP contribution < -0.4 is 20.1 Å². The quantitative estimate of drug-likeness (QED) is 0.810. The molecule has 2 aromatic rings. The molecule has 1 atom stereocenters. The third kappa shape index (κ3) is 4.51. The molecule has 152 valence electrons. The molecule has 2 amide bonds. The van der Waals surface area contributed by atoms with Gasteiger partial charge < -0.3 is 20.1 Å². The van der Waals surface area contributed by atoms with Crippen molar-refractivity contribution in [3.63, 3.8) is 0 Å². The summed E-state index contributed by atoms with van der Waals surface area (Å²) in [5, 5.41) is 5.75. The van der Waals surface area contributed by atoms with Gasteiger partial charge in [-0.15, -0.1) is 0 Å². The lowest BCUT2D eigenvalue weighted by Crippen LogP contribution is -2.42. The van der Waals surface area contributed by atoms with E-state index in [2.05, 4.69) is 22.5 Å². The van der Waals surface area contributed by atoms with Gasteiger partial charge in [-0.3, -0.25) is 14.5 Å². The summed E-state index contributed by atoms with van der Waals surface area (Å²) in [6.07, 6.45) is 3.44. The molecule has 2 N–H and O–H groups in total. The first-order valence-electron chi connectivity index (χ1n) is 9.94. The maximum Gasteiger partial charge on any atom is 0.257 e. The molecule has 0 aliphatic carbocycles. The zero-order valence-corrected chi connectivity index (χ0v) is 16.4. The Morgan fingerprint density at radius 1 is 1.07 bits per heavy atom. The van der Waals surface area contributed by atoms with Crippen LogP contribution in [0.15, 0.2) is 42.5 Å². The van der Waals surface area contributed by atoms with E-state index in [4.69, 9.17) is 9.47 Å². The van der Waals surface area contributed by atoms with Crippen LogP contribution in [0.3, 0.4) is 0 Å². The number of para-hydroxylation sites is 1. The number of amides is 2. The predicted octanol–water partition coefficient (Wildman–Crippen LogP) is 3.48. The van der Waals surface area contributed by atoms with Crippen molar-refractivity contribution >= 4 is 23.2 Å². The van der Waals surface area contributed by atoms with Crippen molar-refractivity contribution in [2.24, 2.45) is 0 Å². The van der Waals surface area contributed by atoms with E-state index < -0.39 is 0 Å². The average Bonchev–Trinajstić information content (AvgIpc) is 3.18. The summed E-state index contributed by atoms with van der Waals surface area (Å²) in [5.41, 5.74) is 1.51. The summed E-state index contributed by atoms with van der Waals surface area (Å²) in [6, 6.07) is 12.6. The molecule has 0 aromatic heterocycles. The van der Waals surface area contributed by atoms with Crippen molar-refractivity contribution in [3.05, 3.63) is 48.0 Å². The summed E-state index contributed by atoms with van der Waals surface area (Å²) < 4.78 is 10.6. The SMILES string of the molecule is CC1CCCCN1CC(=O)Nc1ccccc1C(=O)Nc1ccc2c(c1)OCO2. The number of hydrogen-bond acceptors (Lipinski definition) is 5. The summed E-state index contributed by atoms with van der Waals surface area (Å²) >= 11 is 0. The highest BCUT2D eigenvalue weighted by Crippen LogP contribution is 2.34. The fraction of sp³-hybridized carbons (Fsp3) is 0.364. The molecule has 2 aliphatic rings. The molecule has 2 heterocycles. The first kappa shape index (κ1) is 19.3. The molecule has 7 nitrogen and oxygen atoms in total. The molecule has 1 fully saturated rings. The molecule has 0 bridgehead atoms. The highest BCUT2D eigenvalue weighted by atomic mass is 16.7. The molecule has 4 rings (SSSR count). The largest absolute Gasteiger partial charge is 0.454 e. The van der Waals surface area contributed by atoms with E-state index in [0.29, 0.717) is 41.0 Å². The highest BCUT2D eigenvalue weighted by Gasteiger charge is 2.22. The van der Waals surface area contributed by atoms with Crippen molar-refractivity contribution in [1.29, 1.82) is 0 Å². The van der Waals surface area contributed by atoms with Crippen LogP contribution in [-0.4, -0.2) is 42.6 Å². The van der Waals surface area contributed by atoms with E-state index >= 15 is 0 Å². The molecule has 29 heavy (non-hydrogen) atoms. The van der Waals surface area contributed by atoms with Crippen molar-refractivity contribution in [3.8, 4) is 11.5 Å². The number of carbonyl (C=O) groups is 2. The molecule has 1 unspecified atom stereocenters. The molecule has 0 radical (unpaired) electrons. The van der Waals surface area contributed by atoms with E-state index in [9.17, 15) is 9.59 Å². The van der Waals surface area contributed by atoms with Gasteiger partial charge in [0, 0.05) is 17.8 Å². The van der Waals surface area contributed by atoms with Crippen molar-refractivity contribution < 1.29 is 19.1 Å². The molecule has 1 saturated heterocycles. The number of carbonyl (C=O) groups excluding carboxylic acids is 2. The van der Waals surface area contributed by atoms with Gasteiger partial charge in [-0.1, -0.05) is 18.6 Å². The molecular formula is C22H25N3O4. The minimum atomic E-state index is -0.300. The minimum Gasteiger partial charge on any atom is -0.454 e. The Morgan fingerprint density at radius 3 is 2.76 bits per heavy atom. The second-order valence-electron chi connectivity index (χ2n) is 7.43. The Hall–Kier alpha value is -3.06. The number of hydrogen-bond donors (Lipinski definition) is 2. The topological polar surface area (TPSA) is 79.9 Å². The summed E-state index contributed by atoms with van der Waals surface area (Å²) in [4.78, 5) is 27.6. The monoisotopic (exact) mass is 395 g/mol. The number of rotatable bonds is 5. The van der Waals surface area contributed by atoms with E-state index in [0.717, 1.165) is 19.4 Å². The van der Waals surface area contributed by atoms with E-state index in [-0.39, 0.29) is 18.6 Å². The summed E-state index contributed by atoms with van der Waals surface area (Å²) in [7, 11) is 0. The second-order valence-corrected chi connectivity index (χ2v) is 7.43. The lowest BCUT2D eigenvalue weighted by atomic mass is 10.0. The van der Waals surface area contributed by atoms with Gasteiger partial charge in [-0.2, -0.15) is 0 Å². The van der Waals surface area contributed by atoms with Gasteiger partial charge in [0.1, 0.15) is 0 Å². The highest BCUT2D eigenvalue weighted by molar-refractivity contribution is 6.10. The molecule has 0 saturated carbocycles. The molecule has 0 spiro atoms. The number of anilines is 2. The van der Waals surface area contributed by atoms with Crippen LogP contribution in [0, 0.1) is 0 Å². The van der Waals surface area contributed by atoms with Crippen molar-refractivity contribution in [2.75, 3.05) is 30.5 Å². The number of piperidine rings is 1. The molecular weight excluding hydrogens is 370 g/mol. The minimum absolute atomic E-state index is 0.109. The van der Waals surface area contributed by atoms with Crippen LogP contribution in [0.25, 0.3) is 0 Å². The molecule has 2 aliphatic heterocycles. The Morgan fingerprint density at radius 2 is 1.90 bits per heavy atom. The number of nitrogens with one attached hydrogen (secondary N) is 2. The maximum absolute atomic E-state index is 12.8. The van der Waals surface area contributed by atoms with Crippen LogP contribution in [0.2, 0.25) is 0 Å². The summed E-state index contributed by atoms with van der Waals surface area (Å²) in [5.74, 6) is 0.843. The third-order valence-electron chi connectivity index (χ3n) is 5.36. The molecule has 7 heteroatoms. The lowest BCUT2D eigenvalue weighted by Gasteiger charge is -2.32. The van der Waals surface area contributed by atoms with Gasteiger partial charge in [0.25, 0.3) is 5.91 Å². The third-order valence-corrected chi connectivity index (χ3v) is 5.36. The van der Waals surface area contributed by atoms with Gasteiger partial charge in [-0.25, -0.2) is 0 Å². The lowest BCUT2D eigenvalue weighted by molar-refractivity contribution is -0.118. The van der Waals surface area contributed by atoms with Gasteiger partial charge >= 0.3 is 0 Å². The van der Waals surface area contributed by atoms with Crippen LogP contribution in [0.1, 0.15) is 36.5 Å². The van der Waals surface area contributed by atoms with E-state index in [1.165, 1.54) is 6.42 Å². The smallest absolute Gasteiger partial charge is 0.257 e. The summed E-state index contributed by atoms with van der Waals surface area (Å²) in [6.45, 7) is 3.59. The number of likely N-dealkylation sites (tertiary alicyclic amines) is 1.